The summed E-state index contributed by atoms with van der Waals surface area (Å²) in [6.07, 6.45) is 2.98. The summed E-state index contributed by atoms with van der Waals surface area (Å²) in [5, 5.41) is 9.09. The number of carboxylic acid groups (broad SMARTS) is 1. The first-order chi connectivity index (χ1) is 9.63. The number of carbonyl (C=O) groups excluding carboxylic acids is 1. The molecule has 1 amide bonds. The Kier molecular flexibility index (Phi) is 4.55. The number of ether oxygens (including phenoxy) is 1. The Hall–Kier alpha value is -2.11. The van der Waals surface area contributed by atoms with Crippen LogP contribution in [-0.4, -0.2) is 46.7 Å². The van der Waals surface area contributed by atoms with Gasteiger partial charge >= 0.3 is 12.1 Å². The first-order valence-corrected chi connectivity index (χ1v) is 6.68. The Balaban J connectivity index is 2.21. The van der Waals surface area contributed by atoms with Gasteiger partial charge in [-0.1, -0.05) is 0 Å². The van der Waals surface area contributed by atoms with Gasteiger partial charge in [-0.05, 0) is 31.0 Å². The lowest BCUT2D eigenvalue weighted by Crippen LogP contribution is -2.45. The van der Waals surface area contributed by atoms with E-state index in [1.165, 1.54) is 4.90 Å². The minimum atomic E-state index is -0.993. The van der Waals surface area contributed by atoms with Gasteiger partial charge in [-0.25, -0.2) is 4.79 Å². The second-order valence-corrected chi connectivity index (χ2v) is 4.76. The van der Waals surface area contributed by atoms with Crippen LogP contribution in [0.1, 0.15) is 24.8 Å². The summed E-state index contributed by atoms with van der Waals surface area (Å²) in [6, 6.07) is 3.74. The summed E-state index contributed by atoms with van der Waals surface area (Å²) < 4.78 is 5.09. The van der Waals surface area contributed by atoms with Gasteiger partial charge in [-0.3, -0.25) is 9.78 Å². The van der Waals surface area contributed by atoms with Gasteiger partial charge in [-0.2, -0.15) is 0 Å². The van der Waals surface area contributed by atoms with E-state index in [1.54, 1.807) is 19.3 Å². The highest BCUT2D eigenvalue weighted by Gasteiger charge is 2.37. The molecular weight excluding hydrogens is 260 g/mol. The first-order valence-electron chi connectivity index (χ1n) is 6.68. The molecule has 1 fully saturated rings. The molecule has 2 heterocycles. The Morgan fingerprint density at radius 3 is 2.75 bits per heavy atom. The largest absolute Gasteiger partial charge is 0.466 e. The van der Waals surface area contributed by atoms with E-state index in [0.29, 0.717) is 19.6 Å². The maximum Gasteiger partial charge on any atom is 0.407 e. The van der Waals surface area contributed by atoms with Crippen LogP contribution >= 0.6 is 0 Å². The topological polar surface area (TPSA) is 79.7 Å². The third-order valence-corrected chi connectivity index (χ3v) is 3.61. The maximum atomic E-state index is 12.1. The van der Waals surface area contributed by atoms with E-state index < -0.39 is 12.0 Å². The summed E-state index contributed by atoms with van der Waals surface area (Å²) in [5.41, 5.74) is 1.00. The molecule has 1 aromatic rings. The van der Waals surface area contributed by atoms with Crippen molar-refractivity contribution in [2.75, 3.05) is 19.7 Å². The van der Waals surface area contributed by atoms with E-state index >= 15 is 0 Å². The molecule has 2 atom stereocenters. The van der Waals surface area contributed by atoms with Crippen LogP contribution in [0.25, 0.3) is 0 Å². The fourth-order valence-corrected chi connectivity index (χ4v) is 2.62. The van der Waals surface area contributed by atoms with Crippen molar-refractivity contribution in [2.45, 2.75) is 19.3 Å². The Morgan fingerprint density at radius 1 is 1.45 bits per heavy atom. The molecule has 20 heavy (non-hydrogen) atoms. The average Bonchev–Trinajstić information content (AvgIpc) is 2.47. The lowest BCUT2D eigenvalue weighted by atomic mass is 9.81. The van der Waals surface area contributed by atoms with Crippen molar-refractivity contribution in [3.05, 3.63) is 30.1 Å². The maximum absolute atomic E-state index is 12.1. The molecular formula is C14H18N2O4. The van der Waals surface area contributed by atoms with E-state index in [9.17, 15) is 9.59 Å². The second-order valence-electron chi connectivity index (χ2n) is 4.76. The van der Waals surface area contributed by atoms with Gasteiger partial charge in [0.05, 0.1) is 12.5 Å². The first kappa shape index (κ1) is 14.3. The van der Waals surface area contributed by atoms with Crippen molar-refractivity contribution >= 4 is 12.1 Å². The van der Waals surface area contributed by atoms with Crippen LogP contribution in [-0.2, 0) is 9.53 Å². The fourth-order valence-electron chi connectivity index (χ4n) is 2.62. The number of aromatic nitrogens is 1. The summed E-state index contributed by atoms with van der Waals surface area (Å²) in [7, 11) is 0. The monoisotopic (exact) mass is 278 g/mol. The molecule has 6 nitrogen and oxygen atoms in total. The molecule has 1 saturated heterocycles. The molecule has 1 aromatic heterocycles. The van der Waals surface area contributed by atoms with Gasteiger partial charge < -0.3 is 14.7 Å². The predicted molar refractivity (Wildman–Crippen MR) is 71.3 cm³/mol. The predicted octanol–water partition coefficient (Wildman–Crippen LogP) is 1.73. The van der Waals surface area contributed by atoms with Crippen molar-refractivity contribution in [1.82, 2.24) is 9.88 Å². The number of nitrogens with zero attached hydrogens (tertiary/aromatic N) is 2. The van der Waals surface area contributed by atoms with Crippen molar-refractivity contribution in [1.29, 1.82) is 0 Å². The molecule has 0 aromatic carbocycles. The number of esters is 1. The number of carbonyl (C=O) groups is 2. The van der Waals surface area contributed by atoms with E-state index in [1.807, 2.05) is 12.1 Å². The number of hydrogen-bond acceptors (Lipinski definition) is 4. The molecule has 0 radical (unpaired) electrons. The summed E-state index contributed by atoms with van der Waals surface area (Å²) in [6.45, 7) is 2.65. The molecule has 2 rings (SSSR count). The summed E-state index contributed by atoms with van der Waals surface area (Å²) >= 11 is 0. The minimum Gasteiger partial charge on any atom is -0.466 e. The third kappa shape index (κ3) is 3.07. The van der Waals surface area contributed by atoms with Crippen LogP contribution in [0.3, 0.4) is 0 Å². The molecule has 6 heteroatoms. The highest BCUT2D eigenvalue weighted by molar-refractivity contribution is 5.75. The van der Waals surface area contributed by atoms with Crippen molar-refractivity contribution in [3.8, 4) is 0 Å². The van der Waals surface area contributed by atoms with Crippen LogP contribution < -0.4 is 0 Å². The number of piperidine rings is 1. The molecule has 0 aliphatic carbocycles. The van der Waals surface area contributed by atoms with Gasteiger partial charge in [0.2, 0.25) is 0 Å². The average molecular weight is 278 g/mol. The van der Waals surface area contributed by atoms with E-state index in [4.69, 9.17) is 9.84 Å². The van der Waals surface area contributed by atoms with Crippen molar-refractivity contribution < 1.29 is 19.4 Å². The normalized spacial score (nSPS) is 22.4. The lowest BCUT2D eigenvalue weighted by molar-refractivity contribution is -0.150. The van der Waals surface area contributed by atoms with Crippen LogP contribution in [0.15, 0.2) is 24.5 Å². The van der Waals surface area contributed by atoms with E-state index in [2.05, 4.69) is 4.98 Å². The van der Waals surface area contributed by atoms with Crippen molar-refractivity contribution in [3.63, 3.8) is 0 Å². The smallest absolute Gasteiger partial charge is 0.407 e. The lowest BCUT2D eigenvalue weighted by Gasteiger charge is -2.36. The minimum absolute atomic E-state index is 0.0207. The molecule has 1 N–H and O–H groups in total. The van der Waals surface area contributed by atoms with E-state index in [0.717, 1.165) is 5.56 Å². The highest BCUT2D eigenvalue weighted by Crippen LogP contribution is 2.33. The zero-order valence-corrected chi connectivity index (χ0v) is 11.4. The summed E-state index contributed by atoms with van der Waals surface area (Å²) in [4.78, 5) is 28.4. The highest BCUT2D eigenvalue weighted by atomic mass is 16.5. The van der Waals surface area contributed by atoms with Gasteiger partial charge in [0.25, 0.3) is 0 Å². The Morgan fingerprint density at radius 2 is 2.15 bits per heavy atom. The van der Waals surface area contributed by atoms with Gasteiger partial charge in [0, 0.05) is 31.4 Å². The Bertz CT molecular complexity index is 477. The SMILES string of the molecule is CCOC(=O)C1CN(C(=O)O)CCC1c1ccncc1. The van der Waals surface area contributed by atoms with Gasteiger partial charge in [0.1, 0.15) is 0 Å². The van der Waals surface area contributed by atoms with Crippen LogP contribution in [0.2, 0.25) is 0 Å². The van der Waals surface area contributed by atoms with Gasteiger partial charge in [0.15, 0.2) is 0 Å². The molecule has 1 aliphatic heterocycles. The number of hydrogen-bond donors (Lipinski definition) is 1. The van der Waals surface area contributed by atoms with Crippen LogP contribution in [0, 0.1) is 5.92 Å². The molecule has 0 bridgehead atoms. The Labute approximate surface area is 117 Å². The zero-order chi connectivity index (χ0) is 14.5. The summed E-state index contributed by atoms with van der Waals surface area (Å²) in [5.74, 6) is -0.810. The number of rotatable bonds is 3. The quantitative estimate of drug-likeness (QED) is 0.852. The standard InChI is InChI=1S/C14H18N2O4/c1-2-20-13(17)12-9-16(14(18)19)8-5-11(12)10-3-6-15-7-4-10/h3-4,6-7,11-12H,2,5,8-9H2,1H3,(H,18,19). The van der Waals surface area contributed by atoms with E-state index in [-0.39, 0.29) is 18.4 Å². The molecule has 2 unspecified atom stereocenters. The molecule has 0 saturated carbocycles. The van der Waals surface area contributed by atoms with Crippen molar-refractivity contribution in [2.24, 2.45) is 5.92 Å². The second kappa shape index (κ2) is 6.36. The molecule has 1 aliphatic rings. The molecule has 0 spiro atoms. The third-order valence-electron chi connectivity index (χ3n) is 3.61. The fraction of sp³-hybridized carbons (Fsp3) is 0.500. The van der Waals surface area contributed by atoms with Gasteiger partial charge in [-0.15, -0.1) is 0 Å². The molecule has 108 valence electrons. The number of likely N-dealkylation sites (tertiary alicyclic amines) is 1. The number of amides is 1. The van der Waals surface area contributed by atoms with Crippen LogP contribution in [0.4, 0.5) is 4.79 Å². The van der Waals surface area contributed by atoms with Crippen LogP contribution in [0.5, 0.6) is 0 Å². The zero-order valence-electron chi connectivity index (χ0n) is 11.4. The number of pyridine rings is 1.